The third kappa shape index (κ3) is 2.18. The largest absolute Gasteiger partial charge is 0.394 e. The molecule has 0 fully saturated rings. The Labute approximate surface area is 86.6 Å². The number of nitrogens with zero attached hydrogens (tertiary/aromatic N) is 1. The van der Waals surface area contributed by atoms with E-state index in [4.69, 9.17) is 0 Å². The maximum Gasteiger partial charge on any atom is 0.0641 e. The van der Waals surface area contributed by atoms with Crippen LogP contribution in [0.5, 0.6) is 0 Å². The molecule has 0 saturated heterocycles. The van der Waals surface area contributed by atoms with Gasteiger partial charge in [-0.05, 0) is 24.0 Å². The first-order valence-electron chi connectivity index (χ1n) is 5.35. The molecule has 0 spiro atoms. The van der Waals surface area contributed by atoms with Gasteiger partial charge in [0.2, 0.25) is 0 Å². The first-order valence-corrected chi connectivity index (χ1v) is 5.35. The molecule has 1 rings (SSSR count). The minimum absolute atomic E-state index is 0.211. The van der Waals surface area contributed by atoms with E-state index in [0.717, 1.165) is 0 Å². The number of aliphatic hydroxyl groups excluding tert-OH is 1. The molecule has 1 aromatic rings. The third-order valence-electron chi connectivity index (χ3n) is 2.72. The molecule has 0 saturated carbocycles. The molecule has 1 aromatic heterocycles. The van der Waals surface area contributed by atoms with E-state index >= 15 is 0 Å². The fourth-order valence-corrected chi connectivity index (χ4v) is 1.82. The van der Waals surface area contributed by atoms with Gasteiger partial charge in [0.05, 0.1) is 12.6 Å². The Hall–Kier alpha value is -0.760. The summed E-state index contributed by atoms with van der Waals surface area (Å²) in [4.78, 5) is 0. The lowest BCUT2D eigenvalue weighted by molar-refractivity contribution is 0.190. The Morgan fingerprint density at radius 2 is 1.93 bits per heavy atom. The normalized spacial score (nSPS) is 13.9. The number of hydrogen-bond acceptors (Lipinski definition) is 1. The van der Waals surface area contributed by atoms with E-state index in [-0.39, 0.29) is 12.6 Å². The molecule has 0 radical (unpaired) electrons. The summed E-state index contributed by atoms with van der Waals surface area (Å²) < 4.78 is 2.20. The second-order valence-electron chi connectivity index (χ2n) is 4.49. The molecule has 0 aliphatic heterocycles. The van der Waals surface area contributed by atoms with Gasteiger partial charge < -0.3 is 9.67 Å². The minimum Gasteiger partial charge on any atom is -0.394 e. The summed E-state index contributed by atoms with van der Waals surface area (Å²) in [6, 6.07) is 4.40. The van der Waals surface area contributed by atoms with Crippen molar-refractivity contribution >= 4 is 0 Å². The number of aromatic nitrogens is 1. The molecule has 1 atom stereocenters. The van der Waals surface area contributed by atoms with E-state index in [1.54, 1.807) is 0 Å². The zero-order chi connectivity index (χ0) is 10.7. The van der Waals surface area contributed by atoms with Crippen LogP contribution in [0.2, 0.25) is 0 Å². The quantitative estimate of drug-likeness (QED) is 0.785. The van der Waals surface area contributed by atoms with Crippen molar-refractivity contribution in [3.05, 3.63) is 24.0 Å². The Morgan fingerprint density at radius 3 is 2.36 bits per heavy atom. The Morgan fingerprint density at radius 1 is 1.29 bits per heavy atom. The average molecular weight is 195 g/mol. The van der Waals surface area contributed by atoms with Crippen molar-refractivity contribution in [2.24, 2.45) is 5.92 Å². The molecule has 0 amide bonds. The molecule has 1 N–H and O–H groups in total. The molecule has 0 unspecified atom stereocenters. The molecule has 2 heteroatoms. The molecule has 0 aliphatic carbocycles. The predicted octanol–water partition coefficient (Wildman–Crippen LogP) is 2.80. The van der Waals surface area contributed by atoms with Crippen molar-refractivity contribution in [2.75, 3.05) is 6.61 Å². The molecule has 0 aromatic carbocycles. The van der Waals surface area contributed by atoms with Crippen molar-refractivity contribution in [3.8, 4) is 0 Å². The van der Waals surface area contributed by atoms with Crippen LogP contribution in [0.25, 0.3) is 0 Å². The lowest BCUT2D eigenvalue weighted by Crippen LogP contribution is -2.20. The first kappa shape index (κ1) is 11.3. The van der Waals surface area contributed by atoms with Gasteiger partial charge in [-0.3, -0.25) is 0 Å². The number of hydrogen-bond donors (Lipinski definition) is 1. The molecule has 2 nitrogen and oxygen atoms in total. The van der Waals surface area contributed by atoms with E-state index in [1.807, 2.05) is 0 Å². The average Bonchev–Trinajstić information content (AvgIpc) is 2.53. The topological polar surface area (TPSA) is 25.2 Å². The lowest BCUT2D eigenvalue weighted by Gasteiger charge is -2.24. The monoisotopic (exact) mass is 195 g/mol. The summed E-state index contributed by atoms with van der Waals surface area (Å²) >= 11 is 0. The van der Waals surface area contributed by atoms with Gasteiger partial charge in [-0.25, -0.2) is 0 Å². The van der Waals surface area contributed by atoms with Crippen molar-refractivity contribution in [2.45, 2.75) is 39.7 Å². The Bertz CT molecular complexity index is 276. The molecule has 0 aliphatic rings. The van der Waals surface area contributed by atoms with Crippen LogP contribution < -0.4 is 0 Å². The van der Waals surface area contributed by atoms with Crippen LogP contribution in [0.1, 0.15) is 45.3 Å². The van der Waals surface area contributed by atoms with Crippen LogP contribution in [0.4, 0.5) is 0 Å². The van der Waals surface area contributed by atoms with Gasteiger partial charge in [0.1, 0.15) is 0 Å². The SMILES string of the molecule is CC(C)c1cccn1[C@H](CO)C(C)C. The molecular formula is C12H21NO. The smallest absolute Gasteiger partial charge is 0.0641 e. The van der Waals surface area contributed by atoms with Crippen LogP contribution in [0.15, 0.2) is 18.3 Å². The maximum absolute atomic E-state index is 9.35. The maximum atomic E-state index is 9.35. The van der Waals surface area contributed by atoms with E-state index in [2.05, 4.69) is 50.6 Å². The summed E-state index contributed by atoms with van der Waals surface area (Å²) in [5, 5.41) is 9.35. The van der Waals surface area contributed by atoms with Crippen molar-refractivity contribution < 1.29 is 5.11 Å². The van der Waals surface area contributed by atoms with Gasteiger partial charge in [0.25, 0.3) is 0 Å². The molecule has 80 valence electrons. The van der Waals surface area contributed by atoms with Crippen LogP contribution >= 0.6 is 0 Å². The van der Waals surface area contributed by atoms with Crippen LogP contribution in [0, 0.1) is 5.92 Å². The Kier molecular flexibility index (Phi) is 3.76. The van der Waals surface area contributed by atoms with E-state index in [1.165, 1.54) is 5.69 Å². The number of rotatable bonds is 4. The van der Waals surface area contributed by atoms with Gasteiger partial charge in [0, 0.05) is 11.9 Å². The lowest BCUT2D eigenvalue weighted by atomic mass is 10.0. The second kappa shape index (κ2) is 4.65. The predicted molar refractivity (Wildman–Crippen MR) is 59.5 cm³/mol. The second-order valence-corrected chi connectivity index (χ2v) is 4.49. The van der Waals surface area contributed by atoms with E-state index < -0.39 is 0 Å². The van der Waals surface area contributed by atoms with Crippen LogP contribution in [0.3, 0.4) is 0 Å². The van der Waals surface area contributed by atoms with Crippen molar-refractivity contribution in [3.63, 3.8) is 0 Å². The van der Waals surface area contributed by atoms with Gasteiger partial charge in [0.15, 0.2) is 0 Å². The van der Waals surface area contributed by atoms with Gasteiger partial charge in [-0.15, -0.1) is 0 Å². The summed E-state index contributed by atoms with van der Waals surface area (Å²) in [7, 11) is 0. The van der Waals surface area contributed by atoms with Crippen molar-refractivity contribution in [1.82, 2.24) is 4.57 Å². The van der Waals surface area contributed by atoms with E-state index in [0.29, 0.717) is 11.8 Å². The first-order chi connectivity index (χ1) is 6.57. The van der Waals surface area contributed by atoms with Gasteiger partial charge in [-0.1, -0.05) is 27.7 Å². The molecule has 0 bridgehead atoms. The zero-order valence-corrected chi connectivity index (χ0v) is 9.57. The standard InChI is InChI=1S/C12H21NO/c1-9(2)11-6-5-7-13(11)12(8-14)10(3)4/h5-7,9-10,12,14H,8H2,1-4H3/t12-/m1/s1. The minimum atomic E-state index is 0.211. The highest BCUT2D eigenvalue weighted by molar-refractivity contribution is 5.12. The zero-order valence-electron chi connectivity index (χ0n) is 9.57. The summed E-state index contributed by atoms with van der Waals surface area (Å²) in [5.41, 5.74) is 1.30. The summed E-state index contributed by atoms with van der Waals surface area (Å²) in [5.74, 6) is 0.975. The summed E-state index contributed by atoms with van der Waals surface area (Å²) in [6.45, 7) is 8.86. The highest BCUT2D eigenvalue weighted by Crippen LogP contribution is 2.24. The van der Waals surface area contributed by atoms with E-state index in [9.17, 15) is 5.11 Å². The van der Waals surface area contributed by atoms with Crippen LogP contribution in [-0.2, 0) is 0 Å². The highest BCUT2D eigenvalue weighted by atomic mass is 16.3. The van der Waals surface area contributed by atoms with Crippen LogP contribution in [-0.4, -0.2) is 16.3 Å². The molecule has 1 heterocycles. The summed E-state index contributed by atoms with van der Waals surface area (Å²) in [6.07, 6.45) is 2.07. The van der Waals surface area contributed by atoms with Crippen molar-refractivity contribution in [1.29, 1.82) is 0 Å². The number of aliphatic hydroxyl groups is 1. The third-order valence-corrected chi connectivity index (χ3v) is 2.72. The molecule has 14 heavy (non-hydrogen) atoms. The van der Waals surface area contributed by atoms with Gasteiger partial charge in [-0.2, -0.15) is 0 Å². The van der Waals surface area contributed by atoms with Gasteiger partial charge >= 0.3 is 0 Å². The highest BCUT2D eigenvalue weighted by Gasteiger charge is 2.17. The fourth-order valence-electron chi connectivity index (χ4n) is 1.82. The fraction of sp³-hybridized carbons (Fsp3) is 0.667. The Balaban J connectivity index is 2.97. The molecular weight excluding hydrogens is 174 g/mol.